The average Bonchev–Trinajstić information content (AvgIpc) is 3.11. The molecule has 0 saturated heterocycles. The minimum Gasteiger partial charge on any atom is -0.372 e. The van der Waals surface area contributed by atoms with Crippen molar-refractivity contribution in [3.8, 4) is 11.8 Å². The van der Waals surface area contributed by atoms with Gasteiger partial charge < -0.3 is 10.1 Å². The number of amides is 1. The Kier molecular flexibility index (Phi) is 17.7. The largest absolute Gasteiger partial charge is 0.372 e. The molecule has 0 aromatic rings. The van der Waals surface area contributed by atoms with Crippen molar-refractivity contribution in [2.45, 2.75) is 130 Å². The van der Waals surface area contributed by atoms with Crippen LogP contribution in [0.15, 0.2) is 11.6 Å². The quantitative estimate of drug-likeness (QED) is 0.168. The van der Waals surface area contributed by atoms with E-state index in [2.05, 4.69) is 37.9 Å². The lowest BCUT2D eigenvalue weighted by atomic mass is 9.93. The van der Waals surface area contributed by atoms with Crippen molar-refractivity contribution in [1.29, 1.82) is 0 Å². The van der Waals surface area contributed by atoms with Gasteiger partial charge in [0.05, 0.1) is 5.92 Å². The fourth-order valence-corrected chi connectivity index (χ4v) is 4.22. The second kappa shape index (κ2) is 19.8. The van der Waals surface area contributed by atoms with Crippen LogP contribution in [0.2, 0.25) is 0 Å². The molecule has 2 atom stereocenters. The number of ether oxygens (including phenoxy) is 1. The predicted octanol–water partition coefficient (Wildman–Crippen LogP) is 6.92. The van der Waals surface area contributed by atoms with E-state index in [-0.39, 0.29) is 23.7 Å². The number of hydrogen-bond donors (Lipinski definition) is 1. The van der Waals surface area contributed by atoms with E-state index in [9.17, 15) is 9.59 Å². The minimum atomic E-state index is -0.181. The van der Waals surface area contributed by atoms with Crippen LogP contribution in [0.1, 0.15) is 124 Å². The van der Waals surface area contributed by atoms with Crippen molar-refractivity contribution in [3.05, 3.63) is 11.6 Å². The number of hydrogen-bond acceptors (Lipinski definition) is 3. The van der Waals surface area contributed by atoms with Crippen molar-refractivity contribution in [1.82, 2.24) is 5.32 Å². The molecule has 4 heteroatoms. The van der Waals surface area contributed by atoms with E-state index in [1.807, 2.05) is 0 Å². The van der Waals surface area contributed by atoms with Crippen LogP contribution in [0.5, 0.6) is 0 Å². The molecule has 1 N–H and O–H groups in total. The van der Waals surface area contributed by atoms with Crippen LogP contribution in [0.25, 0.3) is 0 Å². The number of carbonyl (C=O) groups excluding carboxylic acids is 2. The van der Waals surface area contributed by atoms with Crippen LogP contribution in [0, 0.1) is 17.8 Å². The van der Waals surface area contributed by atoms with E-state index in [0.29, 0.717) is 13.0 Å². The zero-order valence-corrected chi connectivity index (χ0v) is 21.7. The lowest BCUT2D eigenvalue weighted by Gasteiger charge is -2.21. The normalized spacial score (nSPS) is 17.5. The molecule has 33 heavy (non-hydrogen) atoms. The molecular formula is C29H49NO3. The first-order valence-electron chi connectivity index (χ1n) is 13.8. The Hall–Kier alpha value is -1.60. The summed E-state index contributed by atoms with van der Waals surface area (Å²) in [6.45, 7) is 7.87. The van der Waals surface area contributed by atoms with Crippen LogP contribution in [-0.2, 0) is 14.3 Å². The molecule has 0 aromatic carbocycles. The molecule has 4 nitrogen and oxygen atoms in total. The molecule has 0 unspecified atom stereocenters. The van der Waals surface area contributed by atoms with Gasteiger partial charge in [0.15, 0.2) is 5.78 Å². The van der Waals surface area contributed by atoms with Gasteiger partial charge in [-0.05, 0) is 38.2 Å². The number of rotatable bonds is 19. The standard InChI is InChI=1S/C29H49NO3/c1-4-7-9-11-13-15-19-25-24-27(31)26(20-16-12-10-8-5-2)29(25)33-23-18-14-17-21-28(32)30-22-6-3/h24,26,29H,4-14,16-18,20-23H2,1-3H3,(H,30,32)/t26-,29-/m0/s1. The third-order valence-corrected chi connectivity index (χ3v) is 6.26. The Morgan fingerprint density at radius 1 is 0.909 bits per heavy atom. The van der Waals surface area contributed by atoms with Crippen molar-refractivity contribution in [2.24, 2.45) is 5.92 Å². The summed E-state index contributed by atoms with van der Waals surface area (Å²) in [6.07, 6.45) is 18.5. The van der Waals surface area contributed by atoms with Gasteiger partial charge in [-0.1, -0.05) is 90.4 Å². The SMILES string of the molecule is CCCCCCC#CC1=CC(=O)[C@H](CCCCCCC)[C@H]1OCCCCCC(=O)NCCC. The van der Waals surface area contributed by atoms with E-state index in [0.717, 1.165) is 63.5 Å². The Labute approximate surface area is 203 Å². The zero-order valence-electron chi connectivity index (χ0n) is 21.7. The first-order chi connectivity index (χ1) is 16.1. The summed E-state index contributed by atoms with van der Waals surface area (Å²) in [7, 11) is 0. The van der Waals surface area contributed by atoms with E-state index in [1.165, 1.54) is 44.9 Å². The fraction of sp³-hybridized carbons (Fsp3) is 0.793. The molecule has 1 aliphatic rings. The van der Waals surface area contributed by atoms with E-state index < -0.39 is 0 Å². The molecule has 1 aliphatic carbocycles. The molecule has 0 bridgehead atoms. The summed E-state index contributed by atoms with van der Waals surface area (Å²) in [4.78, 5) is 24.4. The number of allylic oxidation sites excluding steroid dienone is 1. The smallest absolute Gasteiger partial charge is 0.219 e. The van der Waals surface area contributed by atoms with Gasteiger partial charge in [-0.2, -0.15) is 0 Å². The number of carbonyl (C=O) groups is 2. The maximum absolute atomic E-state index is 12.7. The molecule has 188 valence electrons. The summed E-state index contributed by atoms with van der Waals surface area (Å²) in [5.74, 6) is 6.83. The number of nitrogens with one attached hydrogen (secondary N) is 1. The van der Waals surface area contributed by atoms with Crippen molar-refractivity contribution in [2.75, 3.05) is 13.2 Å². The molecule has 0 aliphatic heterocycles. The van der Waals surface area contributed by atoms with Crippen LogP contribution < -0.4 is 5.32 Å². The van der Waals surface area contributed by atoms with Gasteiger partial charge in [0.25, 0.3) is 0 Å². The molecule has 0 spiro atoms. The van der Waals surface area contributed by atoms with Gasteiger partial charge in [-0.3, -0.25) is 9.59 Å². The van der Waals surface area contributed by atoms with E-state index >= 15 is 0 Å². The molecule has 1 amide bonds. The number of ketones is 1. The maximum atomic E-state index is 12.7. The Morgan fingerprint density at radius 3 is 2.33 bits per heavy atom. The van der Waals surface area contributed by atoms with Crippen molar-refractivity contribution in [3.63, 3.8) is 0 Å². The first-order valence-corrected chi connectivity index (χ1v) is 13.8. The van der Waals surface area contributed by atoms with E-state index in [1.54, 1.807) is 6.08 Å². The van der Waals surface area contributed by atoms with Crippen molar-refractivity contribution < 1.29 is 14.3 Å². The highest BCUT2D eigenvalue weighted by atomic mass is 16.5. The topological polar surface area (TPSA) is 55.4 Å². The molecular weight excluding hydrogens is 410 g/mol. The lowest BCUT2D eigenvalue weighted by molar-refractivity contribution is -0.122. The molecule has 0 saturated carbocycles. The third-order valence-electron chi connectivity index (χ3n) is 6.26. The number of unbranched alkanes of at least 4 members (excludes halogenated alkanes) is 10. The third kappa shape index (κ3) is 13.6. The Balaban J connectivity index is 2.50. The van der Waals surface area contributed by atoms with Crippen LogP contribution >= 0.6 is 0 Å². The van der Waals surface area contributed by atoms with Crippen LogP contribution in [-0.4, -0.2) is 30.9 Å². The van der Waals surface area contributed by atoms with Gasteiger partial charge in [-0.25, -0.2) is 0 Å². The zero-order chi connectivity index (χ0) is 24.2. The Morgan fingerprint density at radius 2 is 1.61 bits per heavy atom. The van der Waals surface area contributed by atoms with Gasteiger partial charge in [0, 0.05) is 31.6 Å². The Bertz CT molecular complexity index is 629. The van der Waals surface area contributed by atoms with Crippen LogP contribution in [0.3, 0.4) is 0 Å². The van der Waals surface area contributed by atoms with Gasteiger partial charge >= 0.3 is 0 Å². The summed E-state index contributed by atoms with van der Waals surface area (Å²) in [5, 5.41) is 2.92. The summed E-state index contributed by atoms with van der Waals surface area (Å²) >= 11 is 0. The first kappa shape index (κ1) is 29.4. The summed E-state index contributed by atoms with van der Waals surface area (Å²) in [6, 6.07) is 0. The van der Waals surface area contributed by atoms with Gasteiger partial charge in [0.2, 0.25) is 5.91 Å². The van der Waals surface area contributed by atoms with Crippen molar-refractivity contribution >= 4 is 11.7 Å². The van der Waals surface area contributed by atoms with Crippen LogP contribution in [0.4, 0.5) is 0 Å². The monoisotopic (exact) mass is 459 g/mol. The second-order valence-electron chi connectivity index (χ2n) is 9.38. The van der Waals surface area contributed by atoms with Gasteiger partial charge in [-0.15, -0.1) is 0 Å². The minimum absolute atomic E-state index is 0.0733. The predicted molar refractivity (Wildman–Crippen MR) is 138 cm³/mol. The molecule has 0 aromatic heterocycles. The highest BCUT2D eigenvalue weighted by molar-refractivity contribution is 5.97. The molecule has 0 heterocycles. The second-order valence-corrected chi connectivity index (χ2v) is 9.38. The molecule has 1 rings (SSSR count). The maximum Gasteiger partial charge on any atom is 0.219 e. The molecule has 0 fully saturated rings. The lowest BCUT2D eigenvalue weighted by Crippen LogP contribution is -2.26. The molecule has 0 radical (unpaired) electrons. The summed E-state index contributed by atoms with van der Waals surface area (Å²) < 4.78 is 6.25. The van der Waals surface area contributed by atoms with E-state index in [4.69, 9.17) is 4.74 Å². The highest BCUT2D eigenvalue weighted by Gasteiger charge is 2.35. The average molecular weight is 460 g/mol. The highest BCUT2D eigenvalue weighted by Crippen LogP contribution is 2.30. The summed E-state index contributed by atoms with van der Waals surface area (Å²) in [5.41, 5.74) is 0.882. The fourth-order valence-electron chi connectivity index (χ4n) is 4.22. The van der Waals surface area contributed by atoms with Gasteiger partial charge in [0.1, 0.15) is 6.10 Å².